The summed E-state index contributed by atoms with van der Waals surface area (Å²) in [5.41, 5.74) is 3.86. The van der Waals surface area contributed by atoms with Crippen molar-refractivity contribution in [2.75, 3.05) is 25.5 Å². The van der Waals surface area contributed by atoms with Crippen molar-refractivity contribution in [2.45, 2.75) is 25.8 Å². The van der Waals surface area contributed by atoms with Crippen molar-refractivity contribution in [3.8, 4) is 17.0 Å². The highest BCUT2D eigenvalue weighted by molar-refractivity contribution is 5.72. The predicted octanol–water partition coefficient (Wildman–Crippen LogP) is 3.05. The topological polar surface area (TPSA) is 85.4 Å². The van der Waals surface area contributed by atoms with E-state index in [1.54, 1.807) is 12.5 Å². The van der Waals surface area contributed by atoms with Crippen LogP contribution in [0.15, 0.2) is 43.0 Å². The average Bonchev–Trinajstić information content (AvgIpc) is 3.44. The van der Waals surface area contributed by atoms with Crippen LogP contribution >= 0.6 is 0 Å². The van der Waals surface area contributed by atoms with Gasteiger partial charge in [0.25, 0.3) is 0 Å². The van der Waals surface area contributed by atoms with Crippen LogP contribution in [0.1, 0.15) is 18.5 Å². The van der Waals surface area contributed by atoms with E-state index in [2.05, 4.69) is 43.5 Å². The van der Waals surface area contributed by atoms with Gasteiger partial charge in [0.15, 0.2) is 11.6 Å². The minimum atomic E-state index is 0.462. The molecule has 0 aromatic carbocycles. The monoisotopic (exact) mass is 418 g/mol. The fraction of sp³-hybridized carbons (Fsp3) is 0.364. The first-order chi connectivity index (χ1) is 15.1. The third-order valence-electron chi connectivity index (χ3n) is 5.80. The molecule has 1 aliphatic heterocycles. The highest BCUT2D eigenvalue weighted by atomic mass is 16.5. The van der Waals surface area contributed by atoms with Crippen molar-refractivity contribution >= 4 is 17.2 Å². The molecule has 5 heterocycles. The maximum Gasteiger partial charge on any atom is 0.165 e. The molecule has 4 aromatic heterocycles. The first-order valence-corrected chi connectivity index (χ1v) is 10.5. The van der Waals surface area contributed by atoms with Gasteiger partial charge in [-0.05, 0) is 45.5 Å². The molecule has 1 N–H and O–H groups in total. The van der Waals surface area contributed by atoms with E-state index in [1.807, 2.05) is 47.6 Å². The molecule has 0 spiro atoms. The van der Waals surface area contributed by atoms with Gasteiger partial charge >= 0.3 is 0 Å². The van der Waals surface area contributed by atoms with Gasteiger partial charge in [-0.15, -0.1) is 0 Å². The third-order valence-corrected chi connectivity index (χ3v) is 5.80. The quantitative estimate of drug-likeness (QED) is 0.515. The van der Waals surface area contributed by atoms with Crippen molar-refractivity contribution in [3.05, 3.63) is 48.7 Å². The first kappa shape index (κ1) is 19.5. The van der Waals surface area contributed by atoms with Crippen LogP contribution in [0.5, 0.6) is 5.75 Å². The smallest absolute Gasteiger partial charge is 0.165 e. The van der Waals surface area contributed by atoms with E-state index in [0.717, 1.165) is 46.4 Å². The van der Waals surface area contributed by atoms with Crippen LogP contribution in [-0.2, 0) is 7.05 Å². The second-order valence-corrected chi connectivity index (χ2v) is 8.05. The summed E-state index contributed by atoms with van der Waals surface area (Å²) >= 11 is 0. The van der Waals surface area contributed by atoms with E-state index in [-0.39, 0.29) is 0 Å². The lowest BCUT2D eigenvalue weighted by Crippen LogP contribution is -2.30. The lowest BCUT2D eigenvalue weighted by atomic mass is 10.1. The highest BCUT2D eigenvalue weighted by Gasteiger charge is 2.22. The SMILES string of the molecule is Cc1cc(Nc2cc3cc(-c4c(OC[C@H]5CCCN5C)cnn4C)ccn3n2)ncn1. The minimum absolute atomic E-state index is 0.462. The summed E-state index contributed by atoms with van der Waals surface area (Å²) in [6.07, 6.45) is 7.69. The molecule has 1 fully saturated rings. The zero-order chi connectivity index (χ0) is 21.4. The number of ether oxygens (including phenoxy) is 1. The fourth-order valence-corrected chi connectivity index (χ4v) is 4.08. The van der Waals surface area contributed by atoms with Gasteiger partial charge in [-0.2, -0.15) is 10.2 Å². The van der Waals surface area contributed by atoms with Gasteiger partial charge in [-0.1, -0.05) is 0 Å². The normalized spacial score (nSPS) is 16.8. The van der Waals surface area contributed by atoms with E-state index < -0.39 is 0 Å². The van der Waals surface area contributed by atoms with Gasteiger partial charge in [0.2, 0.25) is 0 Å². The molecule has 9 nitrogen and oxygen atoms in total. The Morgan fingerprint density at radius 3 is 2.87 bits per heavy atom. The Morgan fingerprint density at radius 1 is 1.16 bits per heavy atom. The Kier molecular flexibility index (Phi) is 5.03. The molecule has 0 saturated carbocycles. The summed E-state index contributed by atoms with van der Waals surface area (Å²) in [5.74, 6) is 2.25. The maximum absolute atomic E-state index is 6.20. The lowest BCUT2D eigenvalue weighted by molar-refractivity contribution is 0.199. The number of fused-ring (bicyclic) bond motifs is 1. The van der Waals surface area contributed by atoms with Gasteiger partial charge in [-0.25, -0.2) is 14.5 Å². The zero-order valence-corrected chi connectivity index (χ0v) is 18.0. The number of rotatable bonds is 6. The zero-order valence-electron chi connectivity index (χ0n) is 18.0. The van der Waals surface area contributed by atoms with Gasteiger partial charge in [0.05, 0.1) is 11.7 Å². The molecule has 31 heavy (non-hydrogen) atoms. The Bertz CT molecular complexity index is 1210. The van der Waals surface area contributed by atoms with E-state index >= 15 is 0 Å². The second-order valence-electron chi connectivity index (χ2n) is 8.05. The first-order valence-electron chi connectivity index (χ1n) is 10.5. The van der Waals surface area contributed by atoms with Crippen LogP contribution in [-0.4, -0.2) is 60.5 Å². The molecule has 0 bridgehead atoms. The molecular weight excluding hydrogens is 392 g/mol. The summed E-state index contributed by atoms with van der Waals surface area (Å²) in [4.78, 5) is 10.7. The van der Waals surface area contributed by atoms with Crippen molar-refractivity contribution in [1.82, 2.24) is 34.3 Å². The van der Waals surface area contributed by atoms with Gasteiger partial charge in [0.1, 0.15) is 24.4 Å². The molecule has 0 aliphatic carbocycles. The third kappa shape index (κ3) is 3.96. The van der Waals surface area contributed by atoms with Crippen LogP contribution in [0.3, 0.4) is 0 Å². The number of likely N-dealkylation sites (N-methyl/N-ethyl adjacent to an activating group) is 1. The molecule has 4 aromatic rings. The lowest BCUT2D eigenvalue weighted by Gasteiger charge is -2.19. The molecule has 0 amide bonds. The summed E-state index contributed by atoms with van der Waals surface area (Å²) in [5, 5.41) is 12.3. The predicted molar refractivity (Wildman–Crippen MR) is 119 cm³/mol. The van der Waals surface area contributed by atoms with Gasteiger partial charge < -0.3 is 15.0 Å². The second kappa shape index (κ2) is 7.99. The standard InChI is InChI=1S/C22H26N8O/c1-15-9-20(24-14-23-15)26-21-11-18-10-16(6-8-30(18)27-21)22-19(12-25-29(22)3)31-13-17-5-4-7-28(17)2/h6,8-12,14,17H,4-5,7,13H2,1-3H3,(H,23,24,26,27)/t17-/m1/s1. The number of nitrogens with zero attached hydrogens (tertiary/aromatic N) is 7. The average molecular weight is 419 g/mol. The maximum atomic E-state index is 6.20. The largest absolute Gasteiger partial charge is 0.488 e. The van der Waals surface area contributed by atoms with Crippen LogP contribution in [0.2, 0.25) is 0 Å². The molecule has 1 atom stereocenters. The Hall–Kier alpha value is -3.46. The van der Waals surface area contributed by atoms with Crippen molar-refractivity contribution < 1.29 is 4.74 Å². The fourth-order valence-electron chi connectivity index (χ4n) is 4.08. The van der Waals surface area contributed by atoms with Crippen LogP contribution in [0.4, 0.5) is 11.6 Å². The molecule has 1 aliphatic rings. The molecule has 160 valence electrons. The molecule has 5 rings (SSSR count). The number of hydrogen-bond donors (Lipinski definition) is 1. The van der Waals surface area contributed by atoms with Crippen molar-refractivity contribution in [1.29, 1.82) is 0 Å². The minimum Gasteiger partial charge on any atom is -0.488 e. The van der Waals surface area contributed by atoms with Crippen LogP contribution < -0.4 is 10.1 Å². The van der Waals surface area contributed by atoms with Crippen molar-refractivity contribution in [3.63, 3.8) is 0 Å². The van der Waals surface area contributed by atoms with Crippen LogP contribution in [0.25, 0.3) is 16.8 Å². The summed E-state index contributed by atoms with van der Waals surface area (Å²) in [6.45, 7) is 3.74. The Labute approximate surface area is 180 Å². The number of likely N-dealkylation sites (tertiary alicyclic amines) is 1. The molecule has 0 radical (unpaired) electrons. The number of hydrogen-bond acceptors (Lipinski definition) is 7. The molecule has 0 unspecified atom stereocenters. The highest BCUT2D eigenvalue weighted by Crippen LogP contribution is 2.31. The van der Waals surface area contributed by atoms with E-state index in [4.69, 9.17) is 4.74 Å². The molecular formula is C22H26N8O. The number of anilines is 2. The van der Waals surface area contributed by atoms with E-state index in [0.29, 0.717) is 12.6 Å². The van der Waals surface area contributed by atoms with Gasteiger partial charge in [-0.3, -0.25) is 4.68 Å². The Morgan fingerprint density at radius 2 is 2.06 bits per heavy atom. The number of aromatic nitrogens is 6. The Balaban J connectivity index is 1.39. The van der Waals surface area contributed by atoms with E-state index in [9.17, 15) is 0 Å². The van der Waals surface area contributed by atoms with Crippen LogP contribution in [0, 0.1) is 6.92 Å². The summed E-state index contributed by atoms with van der Waals surface area (Å²) < 4.78 is 9.90. The molecule has 1 saturated heterocycles. The molecule has 9 heteroatoms. The number of aryl methyl sites for hydroxylation is 2. The van der Waals surface area contributed by atoms with Crippen molar-refractivity contribution in [2.24, 2.45) is 7.05 Å². The van der Waals surface area contributed by atoms with E-state index in [1.165, 1.54) is 12.8 Å². The summed E-state index contributed by atoms with van der Waals surface area (Å²) in [6, 6.07) is 8.46. The number of nitrogens with one attached hydrogen (secondary N) is 1. The summed E-state index contributed by atoms with van der Waals surface area (Å²) in [7, 11) is 4.10. The van der Waals surface area contributed by atoms with Gasteiger partial charge in [0, 0.05) is 42.7 Å². The number of pyridine rings is 1.